The third kappa shape index (κ3) is 2.80. The fraction of sp³-hybridized carbons (Fsp3) is 0.333. The number of rotatable bonds is 3. The van der Waals surface area contributed by atoms with Gasteiger partial charge in [0.05, 0.1) is 0 Å². The maximum atomic E-state index is 12.4. The zero-order valence-electron chi connectivity index (χ0n) is 12.9. The summed E-state index contributed by atoms with van der Waals surface area (Å²) in [5.41, 5.74) is 3.53. The van der Waals surface area contributed by atoms with E-state index in [-0.39, 0.29) is 5.56 Å². The molecule has 1 aromatic carbocycles. The third-order valence-corrected chi connectivity index (χ3v) is 4.47. The molecular formula is C18H19N3O2. The number of aromatic amines is 1. The lowest BCUT2D eigenvalue weighted by molar-refractivity contribution is 0.0663. The summed E-state index contributed by atoms with van der Waals surface area (Å²) in [4.78, 5) is 17.1. The number of fused-ring (bicyclic) bond motifs is 1. The van der Waals surface area contributed by atoms with E-state index in [1.807, 2.05) is 36.5 Å². The van der Waals surface area contributed by atoms with E-state index in [1.165, 1.54) is 4.52 Å². The average molecular weight is 309 g/mol. The van der Waals surface area contributed by atoms with Crippen LogP contribution in [0.2, 0.25) is 0 Å². The van der Waals surface area contributed by atoms with Crippen molar-refractivity contribution in [1.29, 1.82) is 0 Å². The van der Waals surface area contributed by atoms with Gasteiger partial charge in [-0.3, -0.25) is 9.89 Å². The molecule has 1 N–H and O–H groups in total. The number of H-pyrrole nitrogens is 1. The summed E-state index contributed by atoms with van der Waals surface area (Å²) in [6, 6.07) is 11.7. The molecule has 5 nitrogen and oxygen atoms in total. The Labute approximate surface area is 133 Å². The smallest absolute Gasteiger partial charge is 0.272 e. The molecule has 0 spiro atoms. The van der Waals surface area contributed by atoms with E-state index < -0.39 is 0 Å². The first-order chi connectivity index (χ1) is 11.3. The van der Waals surface area contributed by atoms with Crippen molar-refractivity contribution in [2.75, 3.05) is 13.2 Å². The van der Waals surface area contributed by atoms with Crippen molar-refractivity contribution < 1.29 is 4.74 Å². The summed E-state index contributed by atoms with van der Waals surface area (Å²) in [5, 5.41) is 3.01. The highest BCUT2D eigenvalue weighted by molar-refractivity contribution is 5.76. The molecule has 5 heteroatoms. The fourth-order valence-electron chi connectivity index (χ4n) is 3.21. The number of hydrogen-bond donors (Lipinski definition) is 1. The maximum Gasteiger partial charge on any atom is 0.272 e. The van der Waals surface area contributed by atoms with Gasteiger partial charge < -0.3 is 4.74 Å². The summed E-state index contributed by atoms with van der Waals surface area (Å²) in [6.45, 7) is 1.62. The Bertz CT molecular complexity index is 861. The Morgan fingerprint density at radius 2 is 2.00 bits per heavy atom. The SMILES string of the molecule is O=c1cc(CC2CCOCC2)nc2c(-c3ccccc3)c[nH]n12. The number of hydrogen-bond acceptors (Lipinski definition) is 3. The lowest BCUT2D eigenvalue weighted by atomic mass is 9.95. The first-order valence-corrected chi connectivity index (χ1v) is 8.04. The molecule has 0 atom stereocenters. The van der Waals surface area contributed by atoms with E-state index in [9.17, 15) is 4.79 Å². The predicted molar refractivity (Wildman–Crippen MR) is 88.5 cm³/mol. The monoisotopic (exact) mass is 309 g/mol. The van der Waals surface area contributed by atoms with Gasteiger partial charge >= 0.3 is 0 Å². The first-order valence-electron chi connectivity index (χ1n) is 8.04. The average Bonchev–Trinajstić information content (AvgIpc) is 3.01. The molecule has 0 radical (unpaired) electrons. The molecule has 3 aromatic rings. The molecule has 0 saturated carbocycles. The largest absolute Gasteiger partial charge is 0.381 e. The Hall–Kier alpha value is -2.40. The van der Waals surface area contributed by atoms with Crippen molar-refractivity contribution in [2.45, 2.75) is 19.3 Å². The standard InChI is InChI=1S/C18H19N3O2/c22-17-11-15(10-13-6-8-23-9-7-13)20-18-16(12-19-21(17)18)14-4-2-1-3-5-14/h1-5,11-13,19H,6-10H2. The van der Waals surface area contributed by atoms with Crippen LogP contribution >= 0.6 is 0 Å². The molecule has 1 aliphatic rings. The van der Waals surface area contributed by atoms with Gasteiger partial charge in [-0.1, -0.05) is 30.3 Å². The van der Waals surface area contributed by atoms with E-state index in [0.29, 0.717) is 11.6 Å². The molecule has 0 amide bonds. The minimum Gasteiger partial charge on any atom is -0.381 e. The Morgan fingerprint density at radius 3 is 2.78 bits per heavy atom. The van der Waals surface area contributed by atoms with Crippen LogP contribution in [0.4, 0.5) is 0 Å². The van der Waals surface area contributed by atoms with Crippen LogP contribution in [0.15, 0.2) is 47.4 Å². The van der Waals surface area contributed by atoms with Gasteiger partial charge in [-0.25, -0.2) is 9.50 Å². The van der Waals surface area contributed by atoms with Crippen molar-refractivity contribution in [1.82, 2.24) is 14.6 Å². The highest BCUT2D eigenvalue weighted by atomic mass is 16.5. The van der Waals surface area contributed by atoms with Crippen molar-refractivity contribution in [3.8, 4) is 11.1 Å². The van der Waals surface area contributed by atoms with Gasteiger partial charge in [0.25, 0.3) is 5.56 Å². The summed E-state index contributed by atoms with van der Waals surface area (Å²) < 4.78 is 6.91. The van der Waals surface area contributed by atoms with Crippen LogP contribution in [0.5, 0.6) is 0 Å². The zero-order chi connectivity index (χ0) is 15.6. The summed E-state index contributed by atoms with van der Waals surface area (Å²) in [5.74, 6) is 0.553. The van der Waals surface area contributed by atoms with E-state index in [1.54, 1.807) is 6.07 Å². The van der Waals surface area contributed by atoms with Crippen LogP contribution in [0, 0.1) is 5.92 Å². The van der Waals surface area contributed by atoms with Gasteiger partial charge in [0, 0.05) is 36.7 Å². The summed E-state index contributed by atoms with van der Waals surface area (Å²) in [7, 11) is 0. The Kier molecular flexibility index (Phi) is 3.71. The molecule has 1 fully saturated rings. The molecule has 23 heavy (non-hydrogen) atoms. The predicted octanol–water partition coefficient (Wildman–Crippen LogP) is 2.66. The number of nitrogens with zero attached hydrogens (tertiary/aromatic N) is 2. The highest BCUT2D eigenvalue weighted by Gasteiger charge is 2.17. The molecule has 0 bridgehead atoms. The molecule has 118 valence electrons. The first kappa shape index (κ1) is 14.2. The fourth-order valence-corrected chi connectivity index (χ4v) is 3.21. The molecule has 0 aliphatic carbocycles. The van der Waals surface area contributed by atoms with Gasteiger partial charge in [0.1, 0.15) is 0 Å². The second-order valence-electron chi connectivity index (χ2n) is 6.06. The Morgan fingerprint density at radius 1 is 1.22 bits per heavy atom. The number of nitrogens with one attached hydrogen (secondary N) is 1. The van der Waals surface area contributed by atoms with Gasteiger partial charge in [0.15, 0.2) is 5.65 Å². The van der Waals surface area contributed by atoms with Crippen molar-refractivity contribution >= 4 is 5.65 Å². The number of aromatic nitrogens is 3. The summed E-state index contributed by atoms with van der Waals surface area (Å²) >= 11 is 0. The zero-order valence-corrected chi connectivity index (χ0v) is 12.9. The van der Waals surface area contributed by atoms with Crippen LogP contribution in [0.1, 0.15) is 18.5 Å². The van der Waals surface area contributed by atoms with E-state index in [4.69, 9.17) is 9.72 Å². The van der Waals surface area contributed by atoms with Crippen LogP contribution in [-0.2, 0) is 11.2 Å². The summed E-state index contributed by atoms with van der Waals surface area (Å²) in [6.07, 6.45) is 4.77. The molecule has 0 unspecified atom stereocenters. The molecule has 1 aliphatic heterocycles. The molecular weight excluding hydrogens is 290 g/mol. The van der Waals surface area contributed by atoms with E-state index >= 15 is 0 Å². The lowest BCUT2D eigenvalue weighted by Crippen LogP contribution is -2.21. The van der Waals surface area contributed by atoms with E-state index in [2.05, 4.69) is 5.10 Å². The second-order valence-corrected chi connectivity index (χ2v) is 6.06. The van der Waals surface area contributed by atoms with Gasteiger partial charge in [-0.05, 0) is 30.7 Å². The second kappa shape index (κ2) is 6.01. The van der Waals surface area contributed by atoms with Gasteiger partial charge in [-0.15, -0.1) is 0 Å². The topological polar surface area (TPSA) is 59.4 Å². The molecule has 4 rings (SSSR count). The van der Waals surface area contributed by atoms with E-state index in [0.717, 1.165) is 49.3 Å². The molecule has 2 aromatic heterocycles. The van der Waals surface area contributed by atoms with Crippen LogP contribution in [0.3, 0.4) is 0 Å². The van der Waals surface area contributed by atoms with Gasteiger partial charge in [0.2, 0.25) is 0 Å². The third-order valence-electron chi connectivity index (χ3n) is 4.47. The highest BCUT2D eigenvalue weighted by Crippen LogP contribution is 2.23. The van der Waals surface area contributed by atoms with Crippen LogP contribution < -0.4 is 5.56 Å². The number of benzene rings is 1. The van der Waals surface area contributed by atoms with Crippen LogP contribution in [-0.4, -0.2) is 27.8 Å². The van der Waals surface area contributed by atoms with Crippen molar-refractivity contribution in [2.24, 2.45) is 5.92 Å². The minimum absolute atomic E-state index is 0.0563. The lowest BCUT2D eigenvalue weighted by Gasteiger charge is -2.21. The molecule has 1 saturated heterocycles. The number of ether oxygens (including phenoxy) is 1. The van der Waals surface area contributed by atoms with Crippen molar-refractivity contribution in [3.63, 3.8) is 0 Å². The van der Waals surface area contributed by atoms with Gasteiger partial charge in [-0.2, -0.15) is 0 Å². The Balaban J connectivity index is 1.74. The maximum absolute atomic E-state index is 12.4. The molecule has 3 heterocycles. The minimum atomic E-state index is -0.0563. The van der Waals surface area contributed by atoms with Crippen LogP contribution in [0.25, 0.3) is 16.8 Å². The quantitative estimate of drug-likeness (QED) is 0.809. The van der Waals surface area contributed by atoms with Crippen molar-refractivity contribution in [3.05, 3.63) is 58.6 Å². The normalized spacial score (nSPS) is 16.0.